The fraction of sp³-hybridized carbons (Fsp3) is 0.526. The Bertz CT molecular complexity index is 896. The van der Waals surface area contributed by atoms with Crippen molar-refractivity contribution in [3.63, 3.8) is 0 Å². The lowest BCUT2D eigenvalue weighted by atomic mass is 9.93. The first-order valence-corrected chi connectivity index (χ1v) is 9.61. The van der Waals surface area contributed by atoms with Gasteiger partial charge < -0.3 is 19.9 Å². The summed E-state index contributed by atoms with van der Waals surface area (Å²) in [5, 5.41) is 3.86. The zero-order chi connectivity index (χ0) is 19.2. The molecule has 1 aliphatic carbocycles. The molecule has 0 aromatic carbocycles. The molecule has 144 valence electrons. The minimum Gasteiger partial charge on any atom is -0.480 e. The number of pyridine rings is 1. The number of nitrogens with zero attached hydrogens (tertiary/aromatic N) is 2. The number of fused-ring (bicyclic) bond motifs is 1. The Kier molecular flexibility index (Phi) is 4.50. The number of carbonyl (C=O) groups is 2. The Labute approximate surface area is 162 Å². The first-order valence-electron chi connectivity index (χ1n) is 9.24. The van der Waals surface area contributed by atoms with Crippen LogP contribution in [0.1, 0.15) is 43.1 Å². The summed E-state index contributed by atoms with van der Waals surface area (Å²) in [7, 11) is 1.48. The second-order valence-electron chi connectivity index (χ2n) is 7.62. The number of methoxy groups -OCH3 is 1. The maximum atomic E-state index is 12.7. The SMILES string of the molecule is COc1nc2[nH]c(C(=O)N[C@@H](C)C(=O)N3CCC4(CC3)CC4)cc2cc1Cl. The van der Waals surface area contributed by atoms with Crippen molar-refractivity contribution in [2.45, 2.75) is 38.6 Å². The minimum atomic E-state index is -0.580. The van der Waals surface area contributed by atoms with E-state index in [1.165, 1.54) is 20.0 Å². The third-order valence-corrected chi connectivity index (χ3v) is 6.05. The van der Waals surface area contributed by atoms with Crippen LogP contribution in [0.15, 0.2) is 12.1 Å². The van der Waals surface area contributed by atoms with E-state index in [2.05, 4.69) is 15.3 Å². The monoisotopic (exact) mass is 390 g/mol. The number of carbonyl (C=O) groups excluding carboxylic acids is 2. The van der Waals surface area contributed by atoms with Crippen LogP contribution in [0.25, 0.3) is 11.0 Å². The normalized spacial score (nSPS) is 19.1. The van der Waals surface area contributed by atoms with Crippen molar-refractivity contribution in [3.05, 3.63) is 22.8 Å². The van der Waals surface area contributed by atoms with E-state index in [0.29, 0.717) is 33.0 Å². The lowest BCUT2D eigenvalue weighted by Gasteiger charge is -2.33. The Hall–Kier alpha value is -2.28. The molecule has 1 atom stereocenters. The van der Waals surface area contributed by atoms with Gasteiger partial charge in [0.15, 0.2) is 0 Å². The van der Waals surface area contributed by atoms with Crippen LogP contribution in [0.5, 0.6) is 5.88 Å². The van der Waals surface area contributed by atoms with Crippen LogP contribution in [0.3, 0.4) is 0 Å². The maximum Gasteiger partial charge on any atom is 0.268 e. The molecule has 2 aromatic heterocycles. The van der Waals surface area contributed by atoms with E-state index in [1.54, 1.807) is 19.1 Å². The molecule has 27 heavy (non-hydrogen) atoms. The molecule has 3 heterocycles. The van der Waals surface area contributed by atoms with Gasteiger partial charge in [0.2, 0.25) is 11.8 Å². The van der Waals surface area contributed by atoms with Crippen molar-refractivity contribution in [2.24, 2.45) is 5.41 Å². The standard InChI is InChI=1S/C19H23ClN4O3/c1-11(18(26)24-7-5-19(3-4-19)6-8-24)21-16(25)14-10-12-9-13(20)17(27-2)23-15(12)22-14/h9-11H,3-8H2,1-2H3,(H,21,25)(H,22,23)/t11-/m0/s1. The van der Waals surface area contributed by atoms with Crippen LogP contribution in [-0.2, 0) is 4.79 Å². The molecule has 2 aromatic rings. The zero-order valence-corrected chi connectivity index (χ0v) is 16.2. The van der Waals surface area contributed by atoms with Gasteiger partial charge in [0.25, 0.3) is 5.91 Å². The molecule has 1 aliphatic heterocycles. The van der Waals surface area contributed by atoms with Gasteiger partial charge in [-0.15, -0.1) is 0 Å². The molecule has 1 saturated heterocycles. The van der Waals surface area contributed by atoms with Crippen LogP contribution >= 0.6 is 11.6 Å². The molecule has 7 nitrogen and oxygen atoms in total. The Balaban J connectivity index is 1.42. The number of hydrogen-bond acceptors (Lipinski definition) is 4. The van der Waals surface area contributed by atoms with E-state index < -0.39 is 6.04 Å². The number of aromatic nitrogens is 2. The van der Waals surface area contributed by atoms with Crippen LogP contribution in [0.4, 0.5) is 0 Å². The van der Waals surface area contributed by atoms with Gasteiger partial charge >= 0.3 is 0 Å². The summed E-state index contributed by atoms with van der Waals surface area (Å²) in [6.45, 7) is 3.30. The number of halogens is 1. The topological polar surface area (TPSA) is 87.3 Å². The van der Waals surface area contributed by atoms with Gasteiger partial charge in [0, 0.05) is 18.5 Å². The first-order chi connectivity index (χ1) is 12.9. The van der Waals surface area contributed by atoms with Gasteiger partial charge in [0.1, 0.15) is 22.4 Å². The Morgan fingerprint density at radius 3 is 2.63 bits per heavy atom. The van der Waals surface area contributed by atoms with E-state index in [-0.39, 0.29) is 11.8 Å². The summed E-state index contributed by atoms with van der Waals surface area (Å²) in [5.41, 5.74) is 1.35. The lowest BCUT2D eigenvalue weighted by molar-refractivity contribution is -0.134. The molecular weight excluding hydrogens is 368 g/mol. The molecule has 1 spiro atoms. The van der Waals surface area contributed by atoms with Gasteiger partial charge in [0.05, 0.1) is 7.11 Å². The molecule has 4 rings (SSSR count). The highest BCUT2D eigenvalue weighted by atomic mass is 35.5. The number of amides is 2. The number of nitrogens with one attached hydrogen (secondary N) is 2. The predicted octanol–water partition coefficient (Wildman–Crippen LogP) is 2.75. The maximum absolute atomic E-state index is 12.7. The highest BCUT2D eigenvalue weighted by Crippen LogP contribution is 2.53. The molecule has 2 N–H and O–H groups in total. The summed E-state index contributed by atoms with van der Waals surface area (Å²) in [6.07, 6.45) is 4.75. The molecule has 2 amide bonds. The number of H-pyrrole nitrogens is 1. The number of hydrogen-bond donors (Lipinski definition) is 2. The molecule has 2 aliphatic rings. The van der Waals surface area contributed by atoms with E-state index in [0.717, 1.165) is 25.9 Å². The Morgan fingerprint density at radius 1 is 1.30 bits per heavy atom. The summed E-state index contributed by atoms with van der Waals surface area (Å²) in [6, 6.07) is 2.77. The van der Waals surface area contributed by atoms with Crippen molar-refractivity contribution in [3.8, 4) is 5.88 Å². The number of rotatable bonds is 4. The van der Waals surface area contributed by atoms with Crippen LogP contribution in [0.2, 0.25) is 5.02 Å². The molecule has 1 saturated carbocycles. The molecule has 0 unspecified atom stereocenters. The second-order valence-corrected chi connectivity index (χ2v) is 8.03. The smallest absolute Gasteiger partial charge is 0.268 e. The van der Waals surface area contributed by atoms with E-state index in [4.69, 9.17) is 16.3 Å². The van der Waals surface area contributed by atoms with Crippen molar-refractivity contribution < 1.29 is 14.3 Å². The van der Waals surface area contributed by atoms with Gasteiger partial charge in [-0.2, -0.15) is 4.98 Å². The first kappa shape index (κ1) is 18.1. The van der Waals surface area contributed by atoms with Crippen molar-refractivity contribution in [1.29, 1.82) is 0 Å². The van der Waals surface area contributed by atoms with Crippen molar-refractivity contribution in [1.82, 2.24) is 20.2 Å². The highest BCUT2D eigenvalue weighted by molar-refractivity contribution is 6.32. The molecule has 8 heteroatoms. The molecule has 0 bridgehead atoms. The number of likely N-dealkylation sites (tertiary alicyclic amines) is 1. The summed E-state index contributed by atoms with van der Waals surface area (Å²) >= 11 is 6.08. The average Bonchev–Trinajstić information content (AvgIpc) is 3.28. The van der Waals surface area contributed by atoms with Crippen LogP contribution in [-0.4, -0.2) is 52.9 Å². The van der Waals surface area contributed by atoms with Gasteiger partial charge in [-0.1, -0.05) is 11.6 Å². The predicted molar refractivity (Wildman–Crippen MR) is 102 cm³/mol. The number of piperidine rings is 1. The summed E-state index contributed by atoms with van der Waals surface area (Å²) in [4.78, 5) is 34.3. The van der Waals surface area contributed by atoms with Crippen LogP contribution < -0.4 is 10.1 Å². The fourth-order valence-corrected chi connectivity index (χ4v) is 4.01. The summed E-state index contributed by atoms with van der Waals surface area (Å²) < 4.78 is 5.09. The number of ether oxygens (including phenoxy) is 1. The van der Waals surface area contributed by atoms with Crippen molar-refractivity contribution in [2.75, 3.05) is 20.2 Å². The quantitative estimate of drug-likeness (QED) is 0.840. The summed E-state index contributed by atoms with van der Waals surface area (Å²) in [5.74, 6) is -0.0857. The van der Waals surface area contributed by atoms with Gasteiger partial charge in [-0.3, -0.25) is 9.59 Å². The van der Waals surface area contributed by atoms with Crippen molar-refractivity contribution >= 4 is 34.4 Å². The van der Waals surface area contributed by atoms with E-state index in [9.17, 15) is 9.59 Å². The molecule has 0 radical (unpaired) electrons. The third kappa shape index (κ3) is 3.48. The highest BCUT2D eigenvalue weighted by Gasteiger charge is 2.45. The fourth-order valence-electron chi connectivity index (χ4n) is 3.77. The second kappa shape index (κ2) is 6.71. The van der Waals surface area contributed by atoms with Gasteiger partial charge in [-0.05, 0) is 50.2 Å². The molecule has 2 fully saturated rings. The van der Waals surface area contributed by atoms with Crippen LogP contribution in [0, 0.1) is 5.41 Å². The third-order valence-electron chi connectivity index (χ3n) is 5.78. The van der Waals surface area contributed by atoms with E-state index in [1.807, 2.05) is 4.90 Å². The zero-order valence-electron chi connectivity index (χ0n) is 15.5. The molecular formula is C19H23ClN4O3. The average molecular weight is 391 g/mol. The number of aromatic amines is 1. The largest absolute Gasteiger partial charge is 0.480 e. The van der Waals surface area contributed by atoms with E-state index >= 15 is 0 Å². The minimum absolute atomic E-state index is 0.0298. The van der Waals surface area contributed by atoms with Gasteiger partial charge in [-0.25, -0.2) is 0 Å². The Morgan fingerprint density at radius 2 is 2.00 bits per heavy atom. The lowest BCUT2D eigenvalue weighted by Crippen LogP contribution is -2.49.